The van der Waals surface area contributed by atoms with E-state index in [9.17, 15) is 9.18 Å². The Balaban J connectivity index is 2.09. The molecule has 0 atom stereocenters. The molecule has 1 saturated heterocycles. The van der Waals surface area contributed by atoms with Crippen LogP contribution in [-0.2, 0) is 11.3 Å². The van der Waals surface area contributed by atoms with E-state index < -0.39 is 0 Å². The summed E-state index contributed by atoms with van der Waals surface area (Å²) in [5, 5.41) is 0. The van der Waals surface area contributed by atoms with Gasteiger partial charge in [-0.3, -0.25) is 4.79 Å². The maximum absolute atomic E-state index is 13.4. The van der Waals surface area contributed by atoms with Crippen molar-refractivity contribution in [1.29, 1.82) is 0 Å². The normalized spacial score (nSPS) is 15.9. The van der Waals surface area contributed by atoms with Crippen LogP contribution in [0, 0.1) is 5.82 Å². The van der Waals surface area contributed by atoms with E-state index in [1.165, 1.54) is 12.1 Å². The van der Waals surface area contributed by atoms with Crippen molar-refractivity contribution in [3.05, 3.63) is 29.6 Å². The monoisotopic (exact) mass is 251 g/mol. The fraction of sp³-hybridized carbons (Fsp3) is 0.462. The lowest BCUT2D eigenvalue weighted by Crippen LogP contribution is -2.48. The highest BCUT2D eigenvalue weighted by Gasteiger charge is 2.19. The first-order chi connectivity index (χ1) is 8.60. The van der Waals surface area contributed by atoms with Gasteiger partial charge in [0.2, 0.25) is 5.91 Å². The number of rotatable bonds is 2. The van der Waals surface area contributed by atoms with Gasteiger partial charge < -0.3 is 15.5 Å². The summed E-state index contributed by atoms with van der Waals surface area (Å²) in [6.07, 6.45) is 0. The van der Waals surface area contributed by atoms with E-state index in [4.69, 9.17) is 5.73 Å². The summed E-state index contributed by atoms with van der Waals surface area (Å²) in [6.45, 7) is 4.73. The highest BCUT2D eigenvalue weighted by atomic mass is 19.1. The molecule has 2 rings (SSSR count). The van der Waals surface area contributed by atoms with Crippen LogP contribution in [0.2, 0.25) is 0 Å². The first-order valence-corrected chi connectivity index (χ1v) is 6.10. The lowest BCUT2D eigenvalue weighted by molar-refractivity contribution is -0.129. The number of carbonyl (C=O) groups is 1. The Labute approximate surface area is 106 Å². The summed E-state index contributed by atoms with van der Waals surface area (Å²) in [4.78, 5) is 15.1. The molecule has 0 radical (unpaired) electrons. The average molecular weight is 251 g/mol. The van der Waals surface area contributed by atoms with Crippen LogP contribution < -0.4 is 10.6 Å². The van der Waals surface area contributed by atoms with E-state index in [2.05, 4.69) is 4.90 Å². The highest BCUT2D eigenvalue weighted by molar-refractivity contribution is 5.73. The molecule has 1 fully saturated rings. The quantitative estimate of drug-likeness (QED) is 0.851. The molecule has 1 aliphatic rings. The number of hydrogen-bond acceptors (Lipinski definition) is 3. The van der Waals surface area contributed by atoms with Gasteiger partial charge >= 0.3 is 0 Å². The van der Waals surface area contributed by atoms with Crippen LogP contribution in [0.25, 0.3) is 0 Å². The van der Waals surface area contributed by atoms with Gasteiger partial charge in [-0.2, -0.15) is 0 Å². The summed E-state index contributed by atoms with van der Waals surface area (Å²) in [6, 6.07) is 4.88. The van der Waals surface area contributed by atoms with E-state index in [1.807, 2.05) is 6.07 Å². The second-order valence-electron chi connectivity index (χ2n) is 4.51. The van der Waals surface area contributed by atoms with Crippen molar-refractivity contribution in [2.24, 2.45) is 5.73 Å². The van der Waals surface area contributed by atoms with E-state index in [0.29, 0.717) is 19.6 Å². The second-order valence-corrected chi connectivity index (χ2v) is 4.51. The van der Waals surface area contributed by atoms with E-state index in [-0.39, 0.29) is 11.7 Å². The Bertz CT molecular complexity index is 442. The Kier molecular flexibility index (Phi) is 3.81. The van der Waals surface area contributed by atoms with Gasteiger partial charge in [0.05, 0.1) is 0 Å². The highest BCUT2D eigenvalue weighted by Crippen LogP contribution is 2.20. The number of halogens is 1. The predicted octanol–water partition coefficient (Wildman–Crippen LogP) is 0.953. The molecule has 18 heavy (non-hydrogen) atoms. The zero-order valence-corrected chi connectivity index (χ0v) is 10.5. The van der Waals surface area contributed by atoms with E-state index in [1.54, 1.807) is 11.8 Å². The number of carbonyl (C=O) groups excluding carboxylic acids is 1. The minimum atomic E-state index is -0.262. The van der Waals surface area contributed by atoms with Gasteiger partial charge in [0.15, 0.2) is 0 Å². The smallest absolute Gasteiger partial charge is 0.219 e. The van der Waals surface area contributed by atoms with Crippen molar-refractivity contribution >= 4 is 11.6 Å². The van der Waals surface area contributed by atoms with Crippen LogP contribution in [-0.4, -0.2) is 37.0 Å². The van der Waals surface area contributed by atoms with Crippen LogP contribution in [0.3, 0.4) is 0 Å². The zero-order chi connectivity index (χ0) is 13.1. The molecule has 0 saturated carbocycles. The molecule has 1 heterocycles. The van der Waals surface area contributed by atoms with Crippen LogP contribution in [0.4, 0.5) is 10.1 Å². The standard InChI is InChI=1S/C13H18FN3O/c1-10(18)16-2-4-17(5-3-16)13-7-11(9-15)6-12(14)8-13/h6-8H,2-5,9,15H2,1H3. The third kappa shape index (κ3) is 2.79. The topological polar surface area (TPSA) is 49.6 Å². The number of benzene rings is 1. The molecule has 1 aliphatic heterocycles. The number of amides is 1. The number of nitrogens with two attached hydrogens (primary N) is 1. The van der Waals surface area contributed by atoms with Crippen LogP contribution in [0.15, 0.2) is 18.2 Å². The molecule has 98 valence electrons. The second kappa shape index (κ2) is 5.35. The molecule has 0 aromatic heterocycles. The fourth-order valence-corrected chi connectivity index (χ4v) is 2.21. The maximum Gasteiger partial charge on any atom is 0.219 e. The van der Waals surface area contributed by atoms with Gasteiger partial charge in [0, 0.05) is 45.3 Å². The summed E-state index contributed by atoms with van der Waals surface area (Å²) in [7, 11) is 0. The van der Waals surface area contributed by atoms with Crippen molar-refractivity contribution < 1.29 is 9.18 Å². The Morgan fingerprint density at radius 3 is 2.50 bits per heavy atom. The fourth-order valence-electron chi connectivity index (χ4n) is 2.21. The van der Waals surface area contributed by atoms with Gasteiger partial charge in [0.1, 0.15) is 5.82 Å². The van der Waals surface area contributed by atoms with Gasteiger partial charge in [-0.05, 0) is 23.8 Å². The van der Waals surface area contributed by atoms with Crippen molar-refractivity contribution in [2.75, 3.05) is 31.1 Å². The van der Waals surface area contributed by atoms with E-state index >= 15 is 0 Å². The van der Waals surface area contributed by atoms with Gasteiger partial charge in [-0.1, -0.05) is 0 Å². The maximum atomic E-state index is 13.4. The van der Waals surface area contributed by atoms with Gasteiger partial charge in [0.25, 0.3) is 0 Å². The molecule has 4 nitrogen and oxygen atoms in total. The summed E-state index contributed by atoms with van der Waals surface area (Å²) < 4.78 is 13.4. The lowest BCUT2D eigenvalue weighted by atomic mass is 10.1. The van der Waals surface area contributed by atoms with Crippen molar-refractivity contribution in [3.63, 3.8) is 0 Å². The van der Waals surface area contributed by atoms with Gasteiger partial charge in [-0.15, -0.1) is 0 Å². The van der Waals surface area contributed by atoms with Crippen molar-refractivity contribution in [2.45, 2.75) is 13.5 Å². The molecule has 0 spiro atoms. The van der Waals surface area contributed by atoms with Crippen LogP contribution >= 0.6 is 0 Å². The molecular weight excluding hydrogens is 233 g/mol. The number of nitrogens with zero attached hydrogens (tertiary/aromatic N) is 2. The molecule has 0 unspecified atom stereocenters. The minimum absolute atomic E-state index is 0.0940. The SMILES string of the molecule is CC(=O)N1CCN(c2cc(F)cc(CN)c2)CC1. The molecule has 5 heteroatoms. The predicted molar refractivity (Wildman–Crippen MR) is 68.8 cm³/mol. The number of hydrogen-bond donors (Lipinski definition) is 1. The zero-order valence-electron chi connectivity index (χ0n) is 10.5. The molecule has 1 aromatic carbocycles. The Morgan fingerprint density at radius 2 is 1.94 bits per heavy atom. The third-order valence-electron chi connectivity index (χ3n) is 3.27. The van der Waals surface area contributed by atoms with Crippen molar-refractivity contribution in [1.82, 2.24) is 4.90 Å². The molecular formula is C13H18FN3O. The number of piperazine rings is 1. The van der Waals surface area contributed by atoms with E-state index in [0.717, 1.165) is 24.3 Å². The summed E-state index contributed by atoms with van der Waals surface area (Å²) in [5.41, 5.74) is 7.18. The van der Waals surface area contributed by atoms with Crippen LogP contribution in [0.5, 0.6) is 0 Å². The minimum Gasteiger partial charge on any atom is -0.368 e. The Morgan fingerprint density at radius 1 is 1.28 bits per heavy atom. The molecule has 0 bridgehead atoms. The van der Waals surface area contributed by atoms with Gasteiger partial charge in [-0.25, -0.2) is 4.39 Å². The van der Waals surface area contributed by atoms with Crippen LogP contribution in [0.1, 0.15) is 12.5 Å². The molecule has 2 N–H and O–H groups in total. The molecule has 0 aliphatic carbocycles. The first-order valence-electron chi connectivity index (χ1n) is 6.10. The third-order valence-corrected chi connectivity index (χ3v) is 3.27. The average Bonchev–Trinajstić information content (AvgIpc) is 2.38. The molecule has 1 amide bonds. The number of anilines is 1. The van der Waals surface area contributed by atoms with Crippen molar-refractivity contribution in [3.8, 4) is 0 Å². The largest absolute Gasteiger partial charge is 0.368 e. The Hall–Kier alpha value is -1.62. The lowest BCUT2D eigenvalue weighted by Gasteiger charge is -2.35. The summed E-state index contributed by atoms with van der Waals surface area (Å²) in [5.74, 6) is -0.168. The molecule has 1 aromatic rings. The summed E-state index contributed by atoms with van der Waals surface area (Å²) >= 11 is 0. The first kappa shape index (κ1) is 12.8.